The molecular weight excluding hydrogens is 376 g/mol. The molecule has 1 aliphatic rings. The Labute approximate surface area is 176 Å². The van der Waals surface area contributed by atoms with Crippen molar-refractivity contribution in [3.05, 3.63) is 65.6 Å². The third kappa shape index (κ3) is 4.58. The number of aromatic nitrogens is 3. The highest BCUT2D eigenvalue weighted by atomic mass is 16.1. The van der Waals surface area contributed by atoms with Crippen LogP contribution in [0.2, 0.25) is 0 Å². The maximum Gasteiger partial charge on any atom is 0.227 e. The number of rotatable bonds is 8. The molecule has 1 saturated carbocycles. The maximum absolute atomic E-state index is 12.5. The topological polar surface area (TPSA) is 76.4 Å². The van der Waals surface area contributed by atoms with E-state index in [9.17, 15) is 9.59 Å². The number of nitrogens with zero attached hydrogens (tertiary/aromatic N) is 3. The summed E-state index contributed by atoms with van der Waals surface area (Å²) in [6, 6.07) is 14.0. The molecule has 1 fully saturated rings. The summed E-state index contributed by atoms with van der Waals surface area (Å²) in [5.74, 6) is 1.30. The molecule has 0 aliphatic heterocycles. The Hall–Kier alpha value is -3.02. The van der Waals surface area contributed by atoms with Crippen LogP contribution in [0, 0.1) is 5.92 Å². The summed E-state index contributed by atoms with van der Waals surface area (Å²) in [4.78, 5) is 24.4. The van der Waals surface area contributed by atoms with E-state index in [0.29, 0.717) is 12.3 Å². The number of carbonyl (C=O) groups is 2. The van der Waals surface area contributed by atoms with Crippen molar-refractivity contribution in [1.82, 2.24) is 19.9 Å². The molecule has 0 spiro atoms. The molecule has 1 aromatic carbocycles. The molecule has 0 unspecified atom stereocenters. The number of amides is 1. The molecule has 6 nitrogen and oxygen atoms in total. The van der Waals surface area contributed by atoms with Gasteiger partial charge in [0.1, 0.15) is 11.6 Å². The Morgan fingerprint density at radius 2 is 2.03 bits per heavy atom. The van der Waals surface area contributed by atoms with Crippen LogP contribution in [0.5, 0.6) is 0 Å². The van der Waals surface area contributed by atoms with Crippen LogP contribution in [0.3, 0.4) is 0 Å². The van der Waals surface area contributed by atoms with Gasteiger partial charge < -0.3 is 5.32 Å². The molecule has 0 saturated heterocycles. The van der Waals surface area contributed by atoms with Gasteiger partial charge in [-0.05, 0) is 55.9 Å². The van der Waals surface area contributed by atoms with Crippen LogP contribution in [0.4, 0.5) is 0 Å². The van der Waals surface area contributed by atoms with Gasteiger partial charge in [-0.25, -0.2) is 0 Å². The fourth-order valence-electron chi connectivity index (χ4n) is 4.15. The fourth-order valence-corrected chi connectivity index (χ4v) is 4.15. The SMILES string of the molecule is C[C@@H](C(=O)NCCCc1nnc2ccccn12)c1ccc(C[C@@H]2CCCC2=O)cc1. The van der Waals surface area contributed by atoms with Gasteiger partial charge in [-0.15, -0.1) is 10.2 Å². The Morgan fingerprint density at radius 3 is 2.80 bits per heavy atom. The molecule has 3 aromatic rings. The maximum atomic E-state index is 12.5. The van der Waals surface area contributed by atoms with Crippen LogP contribution in [0.1, 0.15) is 55.5 Å². The van der Waals surface area contributed by atoms with E-state index < -0.39 is 0 Å². The lowest BCUT2D eigenvalue weighted by Gasteiger charge is -2.14. The molecule has 1 N–H and O–H groups in total. The summed E-state index contributed by atoms with van der Waals surface area (Å²) in [6.45, 7) is 2.53. The molecular formula is C24H28N4O2. The lowest BCUT2D eigenvalue weighted by molar-refractivity contribution is -0.122. The molecule has 0 radical (unpaired) electrons. The quantitative estimate of drug-likeness (QED) is 0.583. The van der Waals surface area contributed by atoms with Crippen molar-refractivity contribution in [2.75, 3.05) is 6.54 Å². The summed E-state index contributed by atoms with van der Waals surface area (Å²) in [5.41, 5.74) is 3.01. The van der Waals surface area contributed by atoms with Gasteiger partial charge in [0.15, 0.2) is 5.65 Å². The second-order valence-corrected chi connectivity index (χ2v) is 8.16. The normalized spacial score (nSPS) is 17.4. The first-order chi connectivity index (χ1) is 14.6. The standard InChI is InChI=1S/C24H28N4O2/c1-17(19-12-10-18(11-13-19)16-20-6-4-7-21(20)29)24(30)25-14-5-9-23-27-26-22-8-2-3-15-28(22)23/h2-3,8,10-13,15,17,20H,4-7,9,14,16H2,1H3,(H,25,30)/t17-,20+/m1/s1. The third-order valence-corrected chi connectivity index (χ3v) is 6.05. The Morgan fingerprint density at radius 1 is 1.20 bits per heavy atom. The van der Waals surface area contributed by atoms with Gasteiger partial charge in [0.05, 0.1) is 5.92 Å². The average molecular weight is 405 g/mol. The zero-order chi connectivity index (χ0) is 20.9. The lowest BCUT2D eigenvalue weighted by Crippen LogP contribution is -2.29. The van der Waals surface area contributed by atoms with Gasteiger partial charge in [0.2, 0.25) is 5.91 Å². The first kappa shape index (κ1) is 20.3. The molecule has 156 valence electrons. The first-order valence-electron chi connectivity index (χ1n) is 10.8. The number of benzene rings is 1. The number of fused-ring (bicyclic) bond motifs is 1. The van der Waals surface area contributed by atoms with Crippen molar-refractivity contribution in [3.63, 3.8) is 0 Å². The second-order valence-electron chi connectivity index (χ2n) is 8.16. The summed E-state index contributed by atoms with van der Waals surface area (Å²) >= 11 is 0. The number of aryl methyl sites for hydroxylation is 1. The number of hydrogen-bond acceptors (Lipinski definition) is 4. The molecule has 6 heteroatoms. The van der Waals surface area contributed by atoms with Gasteiger partial charge in [0.25, 0.3) is 0 Å². The zero-order valence-electron chi connectivity index (χ0n) is 17.4. The minimum absolute atomic E-state index is 0.0276. The van der Waals surface area contributed by atoms with E-state index in [1.165, 1.54) is 5.56 Å². The number of carbonyl (C=O) groups excluding carboxylic acids is 2. The van der Waals surface area contributed by atoms with Crippen molar-refractivity contribution in [1.29, 1.82) is 0 Å². The fraction of sp³-hybridized carbons (Fsp3) is 0.417. The highest BCUT2D eigenvalue weighted by Gasteiger charge is 2.24. The van der Waals surface area contributed by atoms with Gasteiger partial charge in [-0.3, -0.25) is 14.0 Å². The van der Waals surface area contributed by atoms with Crippen LogP contribution in [-0.2, 0) is 22.4 Å². The monoisotopic (exact) mass is 404 g/mol. The Balaban J connectivity index is 1.24. The molecule has 2 heterocycles. The second kappa shape index (κ2) is 9.20. The van der Waals surface area contributed by atoms with Crippen LogP contribution < -0.4 is 5.32 Å². The summed E-state index contributed by atoms with van der Waals surface area (Å²) in [6.07, 6.45) is 7.09. The molecule has 1 aliphatic carbocycles. The van der Waals surface area contributed by atoms with Crippen LogP contribution in [-0.4, -0.2) is 32.8 Å². The predicted molar refractivity (Wildman–Crippen MR) is 115 cm³/mol. The minimum Gasteiger partial charge on any atom is -0.356 e. The Kier molecular flexibility index (Phi) is 6.21. The van der Waals surface area contributed by atoms with E-state index in [2.05, 4.69) is 27.6 Å². The number of Topliss-reactive ketones (excluding diaryl/α,β-unsaturated/α-hetero) is 1. The molecule has 1 amide bonds. The molecule has 30 heavy (non-hydrogen) atoms. The van der Waals surface area contributed by atoms with E-state index in [-0.39, 0.29) is 17.7 Å². The van der Waals surface area contributed by atoms with Gasteiger partial charge >= 0.3 is 0 Å². The first-order valence-corrected chi connectivity index (χ1v) is 10.8. The molecule has 0 bridgehead atoms. The number of hydrogen-bond donors (Lipinski definition) is 1. The van der Waals surface area contributed by atoms with Crippen molar-refractivity contribution < 1.29 is 9.59 Å². The van der Waals surface area contributed by atoms with Gasteiger partial charge in [0, 0.05) is 31.5 Å². The smallest absolute Gasteiger partial charge is 0.227 e. The van der Waals surface area contributed by atoms with Crippen molar-refractivity contribution >= 4 is 17.3 Å². The molecule has 2 aromatic heterocycles. The van der Waals surface area contributed by atoms with Crippen LogP contribution in [0.25, 0.3) is 5.65 Å². The van der Waals surface area contributed by atoms with Crippen molar-refractivity contribution in [3.8, 4) is 0 Å². The number of pyridine rings is 1. The van der Waals surface area contributed by atoms with Crippen LogP contribution >= 0.6 is 0 Å². The number of nitrogens with one attached hydrogen (secondary N) is 1. The lowest BCUT2D eigenvalue weighted by atomic mass is 9.94. The largest absolute Gasteiger partial charge is 0.356 e. The molecule has 4 rings (SSSR count). The van der Waals surface area contributed by atoms with E-state index in [0.717, 1.165) is 55.6 Å². The van der Waals surface area contributed by atoms with Crippen molar-refractivity contribution in [2.24, 2.45) is 5.92 Å². The minimum atomic E-state index is -0.207. The van der Waals surface area contributed by atoms with E-state index in [4.69, 9.17) is 0 Å². The molecule has 2 atom stereocenters. The highest BCUT2D eigenvalue weighted by Crippen LogP contribution is 2.26. The van der Waals surface area contributed by atoms with E-state index in [1.807, 2.05) is 47.9 Å². The van der Waals surface area contributed by atoms with Crippen molar-refractivity contribution in [2.45, 2.75) is 51.4 Å². The van der Waals surface area contributed by atoms with E-state index >= 15 is 0 Å². The zero-order valence-corrected chi connectivity index (χ0v) is 17.4. The van der Waals surface area contributed by atoms with Gasteiger partial charge in [-0.1, -0.05) is 30.3 Å². The summed E-state index contributed by atoms with van der Waals surface area (Å²) in [5, 5.41) is 11.4. The number of ketones is 1. The predicted octanol–water partition coefficient (Wildman–Crippen LogP) is 3.49. The highest BCUT2D eigenvalue weighted by molar-refractivity contribution is 5.83. The van der Waals surface area contributed by atoms with Gasteiger partial charge in [-0.2, -0.15) is 0 Å². The third-order valence-electron chi connectivity index (χ3n) is 6.05. The van der Waals surface area contributed by atoms with E-state index in [1.54, 1.807) is 0 Å². The Bertz CT molecular complexity index is 1030. The van der Waals surface area contributed by atoms with Crippen LogP contribution in [0.15, 0.2) is 48.7 Å². The summed E-state index contributed by atoms with van der Waals surface area (Å²) < 4.78 is 1.98. The average Bonchev–Trinajstić information content (AvgIpc) is 3.37. The summed E-state index contributed by atoms with van der Waals surface area (Å²) in [7, 11) is 0.